The van der Waals surface area contributed by atoms with E-state index in [2.05, 4.69) is 38.2 Å². The maximum absolute atomic E-state index is 12.0. The molecular formula is C17H24N2O2. The lowest BCUT2D eigenvalue weighted by Gasteiger charge is -2.30. The van der Waals surface area contributed by atoms with E-state index >= 15 is 0 Å². The molecule has 1 fully saturated rings. The molecule has 0 spiro atoms. The van der Waals surface area contributed by atoms with Crippen LogP contribution in [0.3, 0.4) is 0 Å². The molecule has 1 atom stereocenters. The number of imide groups is 1. The van der Waals surface area contributed by atoms with Crippen molar-refractivity contribution in [1.82, 2.24) is 10.2 Å². The fraction of sp³-hybridized carbons (Fsp3) is 0.529. The first-order valence-corrected chi connectivity index (χ1v) is 7.52. The van der Waals surface area contributed by atoms with Gasteiger partial charge in [0, 0.05) is 19.4 Å². The molecule has 0 aromatic heterocycles. The molecular weight excluding hydrogens is 264 g/mol. The van der Waals surface area contributed by atoms with Gasteiger partial charge in [0.1, 0.15) is 0 Å². The molecule has 1 heterocycles. The third kappa shape index (κ3) is 3.32. The number of carbonyl (C=O) groups is 2. The summed E-state index contributed by atoms with van der Waals surface area (Å²) >= 11 is 0. The van der Waals surface area contributed by atoms with Crippen LogP contribution in [0.25, 0.3) is 0 Å². The number of benzene rings is 1. The molecule has 1 saturated heterocycles. The Morgan fingerprint density at radius 3 is 2.10 bits per heavy atom. The normalized spacial score (nSPS) is 17.2. The standard InChI is InChI=1S/C17H24N2O2/c1-11-8-12(2)17(13(3)9-11)14(18-4)10-19-15(20)6-5-7-16(19)21/h8-9,14,18H,5-7,10H2,1-4H3. The summed E-state index contributed by atoms with van der Waals surface area (Å²) in [4.78, 5) is 25.4. The quantitative estimate of drug-likeness (QED) is 0.866. The predicted octanol–water partition coefficient (Wildman–Crippen LogP) is 2.41. The Hall–Kier alpha value is -1.68. The maximum atomic E-state index is 12.0. The molecule has 1 N–H and O–H groups in total. The van der Waals surface area contributed by atoms with E-state index in [4.69, 9.17) is 0 Å². The average molecular weight is 288 g/mol. The molecule has 21 heavy (non-hydrogen) atoms. The fourth-order valence-corrected chi connectivity index (χ4v) is 3.25. The van der Waals surface area contributed by atoms with Gasteiger partial charge >= 0.3 is 0 Å². The van der Waals surface area contributed by atoms with Crippen LogP contribution in [0.15, 0.2) is 12.1 Å². The molecule has 114 valence electrons. The van der Waals surface area contributed by atoms with Crippen molar-refractivity contribution in [2.24, 2.45) is 0 Å². The third-order valence-corrected chi connectivity index (χ3v) is 4.18. The molecule has 1 aliphatic heterocycles. The molecule has 2 amide bonds. The summed E-state index contributed by atoms with van der Waals surface area (Å²) in [5, 5.41) is 3.26. The van der Waals surface area contributed by atoms with E-state index in [1.54, 1.807) is 0 Å². The second-order valence-electron chi connectivity index (χ2n) is 5.91. The number of carbonyl (C=O) groups excluding carboxylic acids is 2. The summed E-state index contributed by atoms with van der Waals surface area (Å²) in [5.74, 6) is -0.0946. The Morgan fingerprint density at radius 2 is 1.62 bits per heavy atom. The second-order valence-corrected chi connectivity index (χ2v) is 5.91. The zero-order chi connectivity index (χ0) is 15.6. The van der Waals surface area contributed by atoms with Crippen molar-refractivity contribution < 1.29 is 9.59 Å². The third-order valence-electron chi connectivity index (χ3n) is 4.18. The number of nitrogens with zero attached hydrogens (tertiary/aromatic N) is 1. The Labute approximate surface area is 126 Å². The van der Waals surface area contributed by atoms with Crippen LogP contribution in [0.2, 0.25) is 0 Å². The van der Waals surface area contributed by atoms with Gasteiger partial charge in [0.15, 0.2) is 0 Å². The molecule has 1 aromatic carbocycles. The van der Waals surface area contributed by atoms with Crippen LogP contribution in [-0.2, 0) is 9.59 Å². The maximum Gasteiger partial charge on any atom is 0.229 e. The minimum absolute atomic E-state index is 0.0170. The number of aryl methyl sites for hydroxylation is 3. The van der Waals surface area contributed by atoms with E-state index in [0.717, 1.165) is 0 Å². The van der Waals surface area contributed by atoms with Gasteiger partial charge in [0.2, 0.25) is 11.8 Å². The van der Waals surface area contributed by atoms with Gasteiger partial charge in [0.05, 0.1) is 6.04 Å². The first kappa shape index (κ1) is 15.7. The Balaban J connectivity index is 2.28. The zero-order valence-electron chi connectivity index (χ0n) is 13.3. The lowest BCUT2D eigenvalue weighted by atomic mass is 9.93. The molecule has 1 aliphatic rings. The number of rotatable bonds is 4. The lowest BCUT2D eigenvalue weighted by molar-refractivity contribution is -0.148. The number of piperidine rings is 1. The number of hydrogen-bond acceptors (Lipinski definition) is 3. The van der Waals surface area contributed by atoms with Crippen LogP contribution in [0, 0.1) is 20.8 Å². The second kappa shape index (κ2) is 6.39. The highest BCUT2D eigenvalue weighted by Crippen LogP contribution is 2.25. The first-order chi connectivity index (χ1) is 9.93. The van der Waals surface area contributed by atoms with Crippen LogP contribution in [0.4, 0.5) is 0 Å². The van der Waals surface area contributed by atoms with E-state index in [9.17, 15) is 9.59 Å². The molecule has 1 unspecified atom stereocenters. The van der Waals surface area contributed by atoms with Crippen LogP contribution < -0.4 is 5.32 Å². The highest BCUT2D eigenvalue weighted by atomic mass is 16.2. The highest BCUT2D eigenvalue weighted by Gasteiger charge is 2.29. The van der Waals surface area contributed by atoms with Gasteiger partial charge in [-0.3, -0.25) is 14.5 Å². The van der Waals surface area contributed by atoms with Gasteiger partial charge in [-0.05, 0) is 50.9 Å². The molecule has 2 rings (SSSR count). The summed E-state index contributed by atoms with van der Waals surface area (Å²) in [6.45, 7) is 6.66. The minimum atomic E-state index is -0.0473. The van der Waals surface area contributed by atoms with Crippen LogP contribution in [-0.4, -0.2) is 30.3 Å². The van der Waals surface area contributed by atoms with Crippen molar-refractivity contribution in [3.8, 4) is 0 Å². The summed E-state index contributed by atoms with van der Waals surface area (Å²) in [6.07, 6.45) is 1.64. The van der Waals surface area contributed by atoms with Gasteiger partial charge in [0.25, 0.3) is 0 Å². The van der Waals surface area contributed by atoms with E-state index in [1.807, 2.05) is 7.05 Å². The number of amides is 2. The van der Waals surface area contributed by atoms with E-state index in [1.165, 1.54) is 27.2 Å². The van der Waals surface area contributed by atoms with E-state index in [-0.39, 0.29) is 17.9 Å². The molecule has 0 aliphatic carbocycles. The van der Waals surface area contributed by atoms with Crippen molar-refractivity contribution in [2.75, 3.05) is 13.6 Å². The number of likely N-dealkylation sites (tertiary alicyclic amines) is 1. The van der Waals surface area contributed by atoms with E-state index in [0.29, 0.717) is 25.8 Å². The SMILES string of the molecule is CNC(CN1C(=O)CCCC1=O)c1c(C)cc(C)cc1C. The Morgan fingerprint density at radius 1 is 1.10 bits per heavy atom. The van der Waals surface area contributed by atoms with Crippen molar-refractivity contribution in [3.05, 3.63) is 34.4 Å². The van der Waals surface area contributed by atoms with Crippen LogP contribution in [0.1, 0.15) is 47.6 Å². The predicted molar refractivity (Wildman–Crippen MR) is 83.0 cm³/mol. The molecule has 0 saturated carbocycles. The number of nitrogens with one attached hydrogen (secondary N) is 1. The minimum Gasteiger partial charge on any atom is -0.312 e. The fourth-order valence-electron chi connectivity index (χ4n) is 3.25. The molecule has 1 aromatic rings. The largest absolute Gasteiger partial charge is 0.312 e. The van der Waals surface area contributed by atoms with Crippen molar-refractivity contribution in [2.45, 2.75) is 46.1 Å². The Bertz CT molecular complexity index is 527. The van der Waals surface area contributed by atoms with E-state index < -0.39 is 0 Å². The van der Waals surface area contributed by atoms with Crippen molar-refractivity contribution in [1.29, 1.82) is 0 Å². The molecule has 0 bridgehead atoms. The van der Waals surface area contributed by atoms with Crippen molar-refractivity contribution in [3.63, 3.8) is 0 Å². The molecule has 0 radical (unpaired) electrons. The van der Waals surface area contributed by atoms with Gasteiger partial charge < -0.3 is 5.32 Å². The van der Waals surface area contributed by atoms with Gasteiger partial charge in [-0.15, -0.1) is 0 Å². The summed E-state index contributed by atoms with van der Waals surface area (Å²) in [7, 11) is 1.88. The topological polar surface area (TPSA) is 49.4 Å². The van der Waals surface area contributed by atoms with Gasteiger partial charge in [-0.1, -0.05) is 17.7 Å². The zero-order valence-corrected chi connectivity index (χ0v) is 13.3. The average Bonchev–Trinajstić information content (AvgIpc) is 2.39. The molecule has 4 nitrogen and oxygen atoms in total. The number of hydrogen-bond donors (Lipinski definition) is 1. The summed E-state index contributed by atoms with van der Waals surface area (Å²) in [6, 6.07) is 4.27. The van der Waals surface area contributed by atoms with Crippen LogP contribution >= 0.6 is 0 Å². The Kier molecular flexibility index (Phi) is 4.78. The summed E-state index contributed by atoms with van der Waals surface area (Å²) < 4.78 is 0. The first-order valence-electron chi connectivity index (χ1n) is 7.52. The smallest absolute Gasteiger partial charge is 0.229 e. The highest BCUT2D eigenvalue weighted by molar-refractivity contribution is 5.97. The number of likely N-dealkylation sites (N-methyl/N-ethyl adjacent to an activating group) is 1. The van der Waals surface area contributed by atoms with Crippen LogP contribution in [0.5, 0.6) is 0 Å². The molecule has 4 heteroatoms. The van der Waals surface area contributed by atoms with Crippen molar-refractivity contribution >= 4 is 11.8 Å². The lowest BCUT2D eigenvalue weighted by Crippen LogP contribution is -2.44. The monoisotopic (exact) mass is 288 g/mol. The van der Waals surface area contributed by atoms with Gasteiger partial charge in [-0.25, -0.2) is 0 Å². The van der Waals surface area contributed by atoms with Gasteiger partial charge in [-0.2, -0.15) is 0 Å². The summed E-state index contributed by atoms with van der Waals surface area (Å²) in [5.41, 5.74) is 4.82.